The van der Waals surface area contributed by atoms with Gasteiger partial charge in [-0.15, -0.1) is 0 Å². The molecule has 66 valence electrons. The van der Waals surface area contributed by atoms with Crippen LogP contribution in [0.5, 0.6) is 0 Å². The maximum absolute atomic E-state index is 13.0. The molecule has 0 heterocycles. The fraction of sp³-hybridized carbons (Fsp3) is 0.100. The Hall–Kier alpha value is -1.66. The summed E-state index contributed by atoms with van der Waals surface area (Å²) in [4.78, 5) is 0. The number of hydrogen-bond donors (Lipinski definition) is 1. The monoisotopic (exact) mass is 176 g/mol. The lowest BCUT2D eigenvalue weighted by Crippen LogP contribution is -1.92. The molecule has 0 spiro atoms. The number of nitriles is 1. The van der Waals surface area contributed by atoms with E-state index in [1.54, 1.807) is 24.3 Å². The van der Waals surface area contributed by atoms with Crippen LogP contribution >= 0.6 is 0 Å². The summed E-state index contributed by atoms with van der Waals surface area (Å²) in [5, 5.41) is 8.46. The van der Waals surface area contributed by atoms with E-state index >= 15 is 0 Å². The zero-order valence-corrected chi connectivity index (χ0v) is 7.00. The molecule has 0 aromatic heterocycles. The smallest absolute Gasteiger partial charge is 0.141 e. The fourth-order valence-corrected chi connectivity index (χ4v) is 0.930. The number of halogens is 1. The highest BCUT2D eigenvalue weighted by molar-refractivity contribution is 5.51. The highest BCUT2D eigenvalue weighted by Gasteiger charge is 1.99. The highest BCUT2D eigenvalue weighted by atomic mass is 19.1. The summed E-state index contributed by atoms with van der Waals surface area (Å²) < 4.78 is 13.0. The van der Waals surface area contributed by atoms with Gasteiger partial charge in [0, 0.05) is 6.54 Å². The average molecular weight is 176 g/mol. The predicted octanol–water partition coefficient (Wildman–Crippen LogP) is 1.67. The van der Waals surface area contributed by atoms with Crippen LogP contribution in [0.4, 0.5) is 4.39 Å². The topological polar surface area (TPSA) is 49.8 Å². The van der Waals surface area contributed by atoms with Gasteiger partial charge in [0.1, 0.15) is 11.9 Å². The zero-order valence-electron chi connectivity index (χ0n) is 7.00. The molecule has 0 saturated heterocycles. The summed E-state index contributed by atoms with van der Waals surface area (Å²) in [6.45, 7) is 0.418. The molecule has 0 saturated carbocycles. The molecule has 0 unspecified atom stereocenters. The number of hydrogen-bond acceptors (Lipinski definition) is 2. The van der Waals surface area contributed by atoms with E-state index in [-0.39, 0.29) is 5.56 Å². The summed E-state index contributed by atoms with van der Waals surface area (Å²) in [7, 11) is 0. The van der Waals surface area contributed by atoms with E-state index in [0.717, 1.165) is 0 Å². The zero-order chi connectivity index (χ0) is 9.68. The van der Waals surface area contributed by atoms with Crippen molar-refractivity contribution >= 4 is 6.08 Å². The van der Waals surface area contributed by atoms with Crippen LogP contribution in [0.25, 0.3) is 6.08 Å². The molecule has 0 atom stereocenters. The Morgan fingerprint density at radius 3 is 2.85 bits per heavy atom. The minimum atomic E-state index is -0.498. The van der Waals surface area contributed by atoms with Crippen molar-refractivity contribution in [3.05, 3.63) is 41.2 Å². The normalized spacial score (nSPS) is 10.2. The van der Waals surface area contributed by atoms with Crippen LogP contribution in [0.15, 0.2) is 24.3 Å². The quantitative estimate of drug-likeness (QED) is 0.745. The minimum Gasteiger partial charge on any atom is -0.327 e. The maximum Gasteiger partial charge on any atom is 0.141 e. The van der Waals surface area contributed by atoms with Gasteiger partial charge in [-0.1, -0.05) is 18.2 Å². The van der Waals surface area contributed by atoms with Gasteiger partial charge >= 0.3 is 0 Å². The lowest BCUT2D eigenvalue weighted by Gasteiger charge is -1.95. The van der Waals surface area contributed by atoms with Crippen molar-refractivity contribution in [1.29, 1.82) is 5.26 Å². The van der Waals surface area contributed by atoms with E-state index in [9.17, 15) is 4.39 Å². The van der Waals surface area contributed by atoms with Crippen molar-refractivity contribution in [2.45, 2.75) is 0 Å². The molecule has 13 heavy (non-hydrogen) atoms. The van der Waals surface area contributed by atoms with E-state index < -0.39 is 5.82 Å². The van der Waals surface area contributed by atoms with Gasteiger partial charge in [-0.25, -0.2) is 4.39 Å². The second kappa shape index (κ2) is 4.39. The molecule has 2 nitrogen and oxygen atoms in total. The molecule has 0 aliphatic heterocycles. The third-order valence-corrected chi connectivity index (χ3v) is 1.56. The van der Waals surface area contributed by atoms with Crippen LogP contribution in [0, 0.1) is 17.1 Å². The van der Waals surface area contributed by atoms with Gasteiger partial charge < -0.3 is 5.73 Å². The summed E-state index contributed by atoms with van der Waals surface area (Å²) >= 11 is 0. The fourth-order valence-electron chi connectivity index (χ4n) is 0.930. The van der Waals surface area contributed by atoms with Gasteiger partial charge in [-0.3, -0.25) is 0 Å². The molecule has 3 heteroatoms. The van der Waals surface area contributed by atoms with E-state index in [1.165, 1.54) is 12.1 Å². The number of rotatable bonds is 2. The molecule has 1 aromatic rings. The Kier molecular flexibility index (Phi) is 3.18. The van der Waals surface area contributed by atoms with Gasteiger partial charge in [0.2, 0.25) is 0 Å². The summed E-state index contributed by atoms with van der Waals surface area (Å²) in [5.74, 6) is -0.498. The summed E-state index contributed by atoms with van der Waals surface area (Å²) in [5.41, 5.74) is 6.01. The molecule has 0 radical (unpaired) electrons. The first-order valence-corrected chi connectivity index (χ1v) is 3.84. The largest absolute Gasteiger partial charge is 0.327 e. The first-order valence-electron chi connectivity index (χ1n) is 3.84. The Morgan fingerprint density at radius 2 is 2.31 bits per heavy atom. The van der Waals surface area contributed by atoms with Crippen molar-refractivity contribution in [2.24, 2.45) is 5.73 Å². The number of nitrogens with two attached hydrogens (primary N) is 1. The molecule has 1 aromatic carbocycles. The third-order valence-electron chi connectivity index (χ3n) is 1.56. The van der Waals surface area contributed by atoms with Crippen molar-refractivity contribution in [2.75, 3.05) is 6.54 Å². The Morgan fingerprint density at radius 1 is 1.54 bits per heavy atom. The molecule has 0 aliphatic carbocycles. The van der Waals surface area contributed by atoms with E-state index in [4.69, 9.17) is 11.0 Å². The number of benzene rings is 1. The average Bonchev–Trinajstić information content (AvgIpc) is 2.15. The summed E-state index contributed by atoms with van der Waals surface area (Å²) in [6, 6.07) is 6.19. The predicted molar refractivity (Wildman–Crippen MR) is 49.2 cm³/mol. The van der Waals surface area contributed by atoms with E-state index in [1.807, 2.05) is 0 Å². The van der Waals surface area contributed by atoms with Gasteiger partial charge in [-0.2, -0.15) is 5.26 Å². The maximum atomic E-state index is 13.0. The molecule has 0 aliphatic rings. The van der Waals surface area contributed by atoms with Crippen LogP contribution in [-0.4, -0.2) is 6.54 Å². The lowest BCUT2D eigenvalue weighted by atomic mass is 10.1. The molecule has 0 bridgehead atoms. The molecule has 2 N–H and O–H groups in total. The second-order valence-corrected chi connectivity index (χ2v) is 2.49. The molecule has 0 amide bonds. The van der Waals surface area contributed by atoms with Crippen molar-refractivity contribution < 1.29 is 4.39 Å². The number of nitrogens with zero attached hydrogens (tertiary/aromatic N) is 1. The van der Waals surface area contributed by atoms with Gasteiger partial charge in [-0.05, 0) is 17.7 Å². The standard InChI is InChI=1S/C10H9FN2/c11-10-6-8(2-1-5-12)3-4-9(10)7-13/h1-4,6H,5,12H2. The van der Waals surface area contributed by atoms with Gasteiger partial charge in [0.25, 0.3) is 0 Å². The van der Waals surface area contributed by atoms with Crippen molar-refractivity contribution in [1.82, 2.24) is 0 Å². The SMILES string of the molecule is N#Cc1ccc(C=CCN)cc1F. The Bertz CT molecular complexity index is 364. The second-order valence-electron chi connectivity index (χ2n) is 2.49. The van der Waals surface area contributed by atoms with Gasteiger partial charge in [0.05, 0.1) is 5.56 Å². The Balaban J connectivity index is 2.97. The van der Waals surface area contributed by atoms with Crippen LogP contribution in [0.3, 0.4) is 0 Å². The summed E-state index contributed by atoms with van der Waals surface area (Å²) in [6.07, 6.45) is 3.44. The molecular formula is C10H9FN2. The van der Waals surface area contributed by atoms with E-state index in [0.29, 0.717) is 12.1 Å². The van der Waals surface area contributed by atoms with Crippen molar-refractivity contribution in [3.63, 3.8) is 0 Å². The van der Waals surface area contributed by atoms with Crippen LogP contribution in [0.2, 0.25) is 0 Å². The van der Waals surface area contributed by atoms with Crippen molar-refractivity contribution in [3.8, 4) is 6.07 Å². The molecule has 1 rings (SSSR count). The van der Waals surface area contributed by atoms with Crippen LogP contribution in [0.1, 0.15) is 11.1 Å². The van der Waals surface area contributed by atoms with Crippen LogP contribution in [-0.2, 0) is 0 Å². The first kappa shape index (κ1) is 9.43. The highest BCUT2D eigenvalue weighted by Crippen LogP contribution is 2.10. The minimum absolute atomic E-state index is 0.0601. The Labute approximate surface area is 76.1 Å². The first-order chi connectivity index (χ1) is 6.27. The van der Waals surface area contributed by atoms with Gasteiger partial charge in [0.15, 0.2) is 0 Å². The van der Waals surface area contributed by atoms with E-state index in [2.05, 4.69) is 0 Å². The lowest BCUT2D eigenvalue weighted by molar-refractivity contribution is 0.623. The van der Waals surface area contributed by atoms with Crippen LogP contribution < -0.4 is 5.73 Å². The molecular weight excluding hydrogens is 167 g/mol. The third kappa shape index (κ3) is 2.39. The molecule has 0 fully saturated rings.